The topological polar surface area (TPSA) is 105 Å². The molecule has 0 atom stereocenters. The SMILES string of the molecule is CN1CCN(c2ncc(Sc3ccc(C(N)=O)c(Cl)c3)c(OCc3ccc(F)c(CO)c3)n2)CC1. The first-order valence-corrected chi connectivity index (χ1v) is 12.1. The zero-order chi connectivity index (χ0) is 24.9. The fraction of sp³-hybridized carbons (Fsp3) is 0.292. The zero-order valence-corrected chi connectivity index (χ0v) is 20.7. The molecule has 1 aromatic heterocycles. The number of anilines is 1. The van der Waals surface area contributed by atoms with Gasteiger partial charge in [-0.15, -0.1) is 0 Å². The molecule has 1 aliphatic rings. The van der Waals surface area contributed by atoms with E-state index in [0.717, 1.165) is 31.1 Å². The number of carbonyl (C=O) groups excluding carboxylic acids is 1. The van der Waals surface area contributed by atoms with E-state index in [0.29, 0.717) is 22.3 Å². The number of piperazine rings is 1. The molecule has 2 aromatic carbocycles. The van der Waals surface area contributed by atoms with Crippen LogP contribution in [0.4, 0.5) is 10.3 Å². The number of aliphatic hydroxyl groups excluding tert-OH is 1. The van der Waals surface area contributed by atoms with Crippen molar-refractivity contribution in [3.63, 3.8) is 0 Å². The lowest BCUT2D eigenvalue weighted by Gasteiger charge is -2.32. The van der Waals surface area contributed by atoms with Crippen LogP contribution in [-0.2, 0) is 13.2 Å². The van der Waals surface area contributed by atoms with Gasteiger partial charge in [0, 0.05) is 36.6 Å². The number of hydrogen-bond donors (Lipinski definition) is 2. The average molecular weight is 518 g/mol. The van der Waals surface area contributed by atoms with E-state index in [-0.39, 0.29) is 22.8 Å². The molecule has 1 amide bonds. The lowest BCUT2D eigenvalue weighted by atomic mass is 10.1. The molecule has 0 aliphatic carbocycles. The number of halogens is 2. The van der Waals surface area contributed by atoms with Crippen LogP contribution in [-0.4, -0.2) is 59.1 Å². The Bertz CT molecular complexity index is 1220. The Morgan fingerprint density at radius 3 is 2.69 bits per heavy atom. The summed E-state index contributed by atoms with van der Waals surface area (Å²) in [4.78, 5) is 26.5. The first-order valence-electron chi connectivity index (χ1n) is 10.9. The van der Waals surface area contributed by atoms with E-state index in [1.165, 1.54) is 17.8 Å². The van der Waals surface area contributed by atoms with Crippen molar-refractivity contribution in [3.8, 4) is 5.88 Å². The summed E-state index contributed by atoms with van der Waals surface area (Å²) in [5.41, 5.74) is 6.48. The van der Waals surface area contributed by atoms with Gasteiger partial charge in [0.2, 0.25) is 17.7 Å². The minimum Gasteiger partial charge on any atom is -0.472 e. The highest BCUT2D eigenvalue weighted by molar-refractivity contribution is 7.99. The Balaban J connectivity index is 1.60. The lowest BCUT2D eigenvalue weighted by Crippen LogP contribution is -2.45. The number of benzene rings is 2. The molecule has 2 heterocycles. The monoisotopic (exact) mass is 517 g/mol. The van der Waals surface area contributed by atoms with Crippen LogP contribution in [0, 0.1) is 5.82 Å². The third-order valence-electron chi connectivity index (χ3n) is 5.59. The third-order valence-corrected chi connectivity index (χ3v) is 6.89. The van der Waals surface area contributed by atoms with Gasteiger partial charge in [0.1, 0.15) is 12.4 Å². The molecule has 35 heavy (non-hydrogen) atoms. The summed E-state index contributed by atoms with van der Waals surface area (Å²) >= 11 is 7.55. The summed E-state index contributed by atoms with van der Waals surface area (Å²) in [6.07, 6.45) is 1.69. The highest BCUT2D eigenvalue weighted by Crippen LogP contribution is 2.36. The second-order valence-electron chi connectivity index (χ2n) is 8.11. The van der Waals surface area contributed by atoms with Crippen LogP contribution in [0.2, 0.25) is 5.02 Å². The van der Waals surface area contributed by atoms with Crippen molar-refractivity contribution in [2.75, 3.05) is 38.1 Å². The molecule has 4 rings (SSSR count). The van der Waals surface area contributed by atoms with Crippen LogP contribution in [0.15, 0.2) is 52.4 Å². The second-order valence-corrected chi connectivity index (χ2v) is 9.63. The minimum atomic E-state index is -0.600. The number of nitrogens with zero attached hydrogens (tertiary/aromatic N) is 4. The van der Waals surface area contributed by atoms with Gasteiger partial charge in [0.15, 0.2) is 0 Å². The van der Waals surface area contributed by atoms with E-state index in [4.69, 9.17) is 22.1 Å². The van der Waals surface area contributed by atoms with Crippen molar-refractivity contribution in [1.29, 1.82) is 0 Å². The fourth-order valence-electron chi connectivity index (χ4n) is 3.56. The van der Waals surface area contributed by atoms with Crippen molar-refractivity contribution in [3.05, 3.63) is 70.1 Å². The number of aromatic nitrogens is 2. The van der Waals surface area contributed by atoms with Gasteiger partial charge in [-0.3, -0.25) is 4.79 Å². The number of carbonyl (C=O) groups is 1. The van der Waals surface area contributed by atoms with Crippen LogP contribution in [0.3, 0.4) is 0 Å². The van der Waals surface area contributed by atoms with Gasteiger partial charge in [-0.05, 0) is 42.9 Å². The van der Waals surface area contributed by atoms with E-state index in [2.05, 4.69) is 26.8 Å². The number of ether oxygens (including phenoxy) is 1. The molecule has 184 valence electrons. The molecule has 0 bridgehead atoms. The molecule has 3 N–H and O–H groups in total. The Labute approximate surface area is 211 Å². The Morgan fingerprint density at radius 2 is 2.00 bits per heavy atom. The van der Waals surface area contributed by atoms with E-state index in [1.54, 1.807) is 36.5 Å². The number of hydrogen-bond acceptors (Lipinski definition) is 8. The summed E-state index contributed by atoms with van der Waals surface area (Å²) in [7, 11) is 2.07. The standard InChI is InChI=1S/C24H25ClFN5O3S/c1-30-6-8-31(9-7-30)24-28-12-21(35-17-3-4-18(22(27)33)19(25)11-17)23(29-24)34-14-15-2-5-20(26)16(10-15)13-32/h2-5,10-12,32H,6-9,13-14H2,1H3,(H2,27,33). The number of rotatable bonds is 8. The van der Waals surface area contributed by atoms with Gasteiger partial charge in [-0.2, -0.15) is 4.98 Å². The number of aliphatic hydroxyl groups is 1. The summed E-state index contributed by atoms with van der Waals surface area (Å²) < 4.78 is 19.8. The summed E-state index contributed by atoms with van der Waals surface area (Å²) in [6, 6.07) is 9.43. The minimum absolute atomic E-state index is 0.126. The Kier molecular flexibility index (Phi) is 8.07. The van der Waals surface area contributed by atoms with Gasteiger partial charge < -0.3 is 25.4 Å². The molecule has 11 heteroatoms. The molecule has 1 fully saturated rings. The van der Waals surface area contributed by atoms with Gasteiger partial charge in [0.25, 0.3) is 0 Å². The van der Waals surface area contributed by atoms with Gasteiger partial charge in [0.05, 0.1) is 28.3 Å². The largest absolute Gasteiger partial charge is 0.472 e. The Hall–Kier alpha value is -2.92. The van der Waals surface area contributed by atoms with Gasteiger partial charge >= 0.3 is 0 Å². The highest BCUT2D eigenvalue weighted by Gasteiger charge is 2.20. The maximum absolute atomic E-state index is 13.8. The lowest BCUT2D eigenvalue weighted by molar-refractivity contribution is 0.100. The molecule has 3 aromatic rings. The Morgan fingerprint density at radius 1 is 1.23 bits per heavy atom. The average Bonchev–Trinajstić information content (AvgIpc) is 2.84. The third kappa shape index (κ3) is 6.21. The maximum atomic E-state index is 13.8. The second kappa shape index (κ2) is 11.2. The van der Waals surface area contributed by atoms with Crippen LogP contribution in [0.25, 0.3) is 0 Å². The molecule has 0 saturated carbocycles. The predicted octanol–water partition coefficient (Wildman–Crippen LogP) is 3.34. The van der Waals surface area contributed by atoms with E-state index < -0.39 is 18.3 Å². The molecule has 0 radical (unpaired) electrons. The first-order chi connectivity index (χ1) is 16.8. The molecular formula is C24H25ClFN5O3S. The van der Waals surface area contributed by atoms with Gasteiger partial charge in [-0.25, -0.2) is 9.37 Å². The summed E-state index contributed by atoms with van der Waals surface area (Å²) in [6.45, 7) is 3.13. The molecule has 1 saturated heterocycles. The maximum Gasteiger partial charge on any atom is 0.250 e. The van der Waals surface area contributed by atoms with Crippen molar-refractivity contribution in [2.24, 2.45) is 5.73 Å². The fourth-order valence-corrected chi connectivity index (χ4v) is 4.76. The summed E-state index contributed by atoms with van der Waals surface area (Å²) in [5.74, 6) is -0.140. The van der Waals surface area contributed by atoms with Crippen LogP contribution >= 0.6 is 23.4 Å². The van der Waals surface area contributed by atoms with Crippen LogP contribution in [0.1, 0.15) is 21.5 Å². The van der Waals surface area contributed by atoms with Crippen LogP contribution < -0.4 is 15.4 Å². The van der Waals surface area contributed by atoms with Crippen molar-refractivity contribution in [1.82, 2.24) is 14.9 Å². The van der Waals surface area contributed by atoms with E-state index in [9.17, 15) is 14.3 Å². The van der Waals surface area contributed by atoms with Crippen molar-refractivity contribution in [2.45, 2.75) is 23.0 Å². The molecular weight excluding hydrogens is 493 g/mol. The smallest absolute Gasteiger partial charge is 0.250 e. The number of amides is 1. The number of nitrogens with two attached hydrogens (primary N) is 1. The molecule has 0 unspecified atom stereocenters. The van der Waals surface area contributed by atoms with Gasteiger partial charge in [-0.1, -0.05) is 29.4 Å². The molecule has 8 nitrogen and oxygen atoms in total. The van der Waals surface area contributed by atoms with Crippen molar-refractivity contribution >= 4 is 35.2 Å². The summed E-state index contributed by atoms with van der Waals surface area (Å²) in [5, 5.41) is 9.61. The number of likely N-dealkylation sites (N-methyl/N-ethyl adjacent to an activating group) is 1. The van der Waals surface area contributed by atoms with Crippen LogP contribution in [0.5, 0.6) is 5.88 Å². The van der Waals surface area contributed by atoms with Crippen molar-refractivity contribution < 1.29 is 19.0 Å². The zero-order valence-electron chi connectivity index (χ0n) is 19.1. The highest BCUT2D eigenvalue weighted by atomic mass is 35.5. The predicted molar refractivity (Wildman–Crippen MR) is 132 cm³/mol. The quantitative estimate of drug-likeness (QED) is 0.469. The molecule has 0 spiro atoms. The first kappa shape index (κ1) is 25.2. The normalized spacial score (nSPS) is 14.2. The van der Waals surface area contributed by atoms with E-state index in [1.807, 2.05) is 0 Å². The molecule has 1 aliphatic heterocycles. The van der Waals surface area contributed by atoms with E-state index >= 15 is 0 Å². The number of primary amides is 1.